The van der Waals surface area contributed by atoms with Crippen LogP contribution in [0, 0.1) is 10.1 Å². The molecule has 0 bridgehead atoms. The Morgan fingerprint density at radius 1 is 0.854 bits per heavy atom. The number of hydrogen-bond donors (Lipinski definition) is 1. The number of para-hydroxylation sites is 2. The van der Waals surface area contributed by atoms with Gasteiger partial charge in [0.15, 0.2) is 5.11 Å². The highest BCUT2D eigenvalue weighted by atomic mass is 32.1. The number of nitro groups is 1. The summed E-state index contributed by atoms with van der Waals surface area (Å²) in [5, 5.41) is 20.9. The van der Waals surface area contributed by atoms with Gasteiger partial charge in [0.1, 0.15) is 5.57 Å². The van der Waals surface area contributed by atoms with Gasteiger partial charge in [-0.05, 0) is 55.0 Å². The second kappa shape index (κ2) is 12.4. The maximum atomic E-state index is 13.9. The van der Waals surface area contributed by atoms with Gasteiger partial charge in [-0.3, -0.25) is 34.4 Å². The normalized spacial score (nSPS) is 16.4. The third-order valence-corrected chi connectivity index (χ3v) is 7.51. The molecule has 0 spiro atoms. The molecule has 0 aliphatic carbocycles. The summed E-state index contributed by atoms with van der Waals surface area (Å²) >= 11 is 5.67. The van der Waals surface area contributed by atoms with E-state index in [9.17, 15) is 19.7 Å². The Bertz CT molecular complexity index is 1430. The first-order valence-electron chi connectivity index (χ1n) is 13.3. The highest BCUT2D eigenvalue weighted by Crippen LogP contribution is 2.33. The molecule has 0 atom stereocenters. The van der Waals surface area contributed by atoms with Gasteiger partial charge >= 0.3 is 0 Å². The average Bonchev–Trinajstić information content (AvgIpc) is 2.99. The lowest BCUT2D eigenvalue weighted by Gasteiger charge is -2.37. The minimum Gasteiger partial charge on any atom is -0.396 e. The Hall–Kier alpha value is -4.45. The van der Waals surface area contributed by atoms with E-state index >= 15 is 0 Å². The Kier molecular flexibility index (Phi) is 8.48. The average molecular weight is 572 g/mol. The van der Waals surface area contributed by atoms with Crippen molar-refractivity contribution in [2.75, 3.05) is 54.0 Å². The number of aliphatic hydroxyl groups excluding tert-OH is 1. The standard InChI is InChI=1S/C30H29N5O5S/c36-19-7-14-31-15-17-32(18-16-31)27-13-12-25(35(39)40)20-22(27)21-26-28(37)33(23-8-3-1-4-9-23)30(41)34(29(26)38)24-10-5-2-6-11-24/h1-6,8-13,20-21,36H,7,14-19H2. The third kappa shape index (κ3) is 5.87. The molecule has 0 unspecified atom stereocenters. The lowest BCUT2D eigenvalue weighted by Crippen LogP contribution is -2.56. The molecule has 0 saturated carbocycles. The number of benzene rings is 3. The summed E-state index contributed by atoms with van der Waals surface area (Å²) in [5.41, 5.74) is 1.79. The van der Waals surface area contributed by atoms with Crippen LogP contribution in [0.15, 0.2) is 84.4 Å². The number of aliphatic hydroxyl groups is 1. The zero-order valence-corrected chi connectivity index (χ0v) is 23.1. The van der Waals surface area contributed by atoms with Crippen LogP contribution in [-0.4, -0.2) is 71.2 Å². The van der Waals surface area contributed by atoms with E-state index in [4.69, 9.17) is 17.3 Å². The molecule has 3 aromatic rings. The topological polar surface area (TPSA) is 110 Å². The first-order chi connectivity index (χ1) is 19.9. The molecular weight excluding hydrogens is 542 g/mol. The second-order valence-corrected chi connectivity index (χ2v) is 10.1. The van der Waals surface area contributed by atoms with Gasteiger partial charge in [-0.15, -0.1) is 0 Å². The van der Waals surface area contributed by atoms with Gasteiger partial charge in [0.25, 0.3) is 17.5 Å². The Morgan fingerprint density at radius 3 is 1.93 bits per heavy atom. The van der Waals surface area contributed by atoms with Gasteiger partial charge in [0, 0.05) is 62.7 Å². The Balaban J connectivity index is 1.59. The van der Waals surface area contributed by atoms with Crippen LogP contribution in [0.25, 0.3) is 6.08 Å². The first kappa shape index (κ1) is 28.1. The van der Waals surface area contributed by atoms with Crippen molar-refractivity contribution in [2.45, 2.75) is 6.42 Å². The molecule has 41 heavy (non-hydrogen) atoms. The maximum absolute atomic E-state index is 13.9. The van der Waals surface area contributed by atoms with Gasteiger partial charge in [0.05, 0.1) is 16.3 Å². The molecule has 0 aromatic heterocycles. The number of thiocarbonyl (C=S) groups is 1. The first-order valence-corrected chi connectivity index (χ1v) is 13.7. The summed E-state index contributed by atoms with van der Waals surface area (Å²) < 4.78 is 0. The van der Waals surface area contributed by atoms with Crippen LogP contribution in [0.4, 0.5) is 22.7 Å². The highest BCUT2D eigenvalue weighted by molar-refractivity contribution is 7.81. The number of amides is 2. The van der Waals surface area contributed by atoms with Gasteiger partial charge in [-0.25, -0.2) is 0 Å². The van der Waals surface area contributed by atoms with Gasteiger partial charge in [-0.2, -0.15) is 0 Å². The summed E-state index contributed by atoms with van der Waals surface area (Å²) in [4.78, 5) is 46.0. The van der Waals surface area contributed by atoms with Gasteiger partial charge < -0.3 is 10.0 Å². The van der Waals surface area contributed by atoms with Crippen LogP contribution in [0.5, 0.6) is 0 Å². The summed E-state index contributed by atoms with van der Waals surface area (Å²) in [6, 6.07) is 22.2. The van der Waals surface area contributed by atoms with Gasteiger partial charge in [0.2, 0.25) is 0 Å². The van der Waals surface area contributed by atoms with Crippen LogP contribution in [0.2, 0.25) is 0 Å². The minimum absolute atomic E-state index is 0.0211. The summed E-state index contributed by atoms with van der Waals surface area (Å²) in [7, 11) is 0. The zero-order valence-electron chi connectivity index (χ0n) is 22.3. The van der Waals surface area contributed by atoms with E-state index < -0.39 is 16.7 Å². The molecule has 2 saturated heterocycles. The van der Waals surface area contributed by atoms with Crippen LogP contribution < -0.4 is 14.7 Å². The highest BCUT2D eigenvalue weighted by Gasteiger charge is 2.41. The SMILES string of the molecule is O=C1C(=Cc2cc([N+](=O)[O-])ccc2N2CCN(CCCO)CC2)C(=O)N(c2ccccc2)C(=S)N1c1ccccc1. The summed E-state index contributed by atoms with van der Waals surface area (Å²) in [6.45, 7) is 3.72. The van der Waals surface area contributed by atoms with E-state index in [0.717, 1.165) is 19.6 Å². The summed E-state index contributed by atoms with van der Waals surface area (Å²) in [5.74, 6) is -1.21. The molecule has 5 rings (SSSR count). The van der Waals surface area contributed by atoms with E-state index in [0.29, 0.717) is 42.1 Å². The quantitative estimate of drug-likeness (QED) is 0.143. The lowest BCUT2D eigenvalue weighted by atomic mass is 10.0. The fourth-order valence-electron chi connectivity index (χ4n) is 5.06. The Morgan fingerprint density at radius 2 is 1.41 bits per heavy atom. The van der Waals surface area contributed by atoms with Crippen molar-refractivity contribution in [2.24, 2.45) is 0 Å². The molecule has 2 aliphatic rings. The smallest absolute Gasteiger partial charge is 0.270 e. The summed E-state index contributed by atoms with van der Waals surface area (Å²) in [6.07, 6.45) is 2.13. The van der Waals surface area contributed by atoms with Crippen molar-refractivity contribution < 1.29 is 19.6 Å². The van der Waals surface area contributed by atoms with Crippen LogP contribution in [0.1, 0.15) is 12.0 Å². The molecule has 3 aromatic carbocycles. The fourth-order valence-corrected chi connectivity index (χ4v) is 5.44. The molecule has 2 aliphatic heterocycles. The molecule has 2 fully saturated rings. The monoisotopic (exact) mass is 571 g/mol. The predicted octanol–water partition coefficient (Wildman–Crippen LogP) is 3.85. The largest absolute Gasteiger partial charge is 0.396 e. The fraction of sp³-hybridized carbons (Fsp3) is 0.233. The van der Waals surface area contributed by atoms with Crippen molar-refractivity contribution >= 4 is 58.0 Å². The number of piperazine rings is 1. The lowest BCUT2D eigenvalue weighted by molar-refractivity contribution is -0.384. The molecule has 11 heteroatoms. The van der Waals surface area contributed by atoms with E-state index in [-0.39, 0.29) is 23.0 Å². The number of non-ortho nitro benzene ring substituents is 1. The number of nitrogens with zero attached hydrogens (tertiary/aromatic N) is 5. The van der Waals surface area contributed by atoms with Crippen molar-refractivity contribution in [3.05, 3.63) is 100 Å². The van der Waals surface area contributed by atoms with E-state index in [1.807, 2.05) is 12.1 Å². The van der Waals surface area contributed by atoms with Crippen LogP contribution >= 0.6 is 12.2 Å². The van der Waals surface area contributed by atoms with Crippen molar-refractivity contribution in [1.29, 1.82) is 0 Å². The maximum Gasteiger partial charge on any atom is 0.270 e. The molecule has 2 amide bonds. The van der Waals surface area contributed by atoms with Crippen LogP contribution in [0.3, 0.4) is 0 Å². The van der Waals surface area contributed by atoms with E-state index in [2.05, 4.69) is 9.80 Å². The van der Waals surface area contributed by atoms with Crippen molar-refractivity contribution in [3.63, 3.8) is 0 Å². The second-order valence-electron chi connectivity index (χ2n) is 9.70. The third-order valence-electron chi connectivity index (χ3n) is 7.15. The number of rotatable bonds is 8. The van der Waals surface area contributed by atoms with Gasteiger partial charge in [-0.1, -0.05) is 36.4 Å². The molecular formula is C30H29N5O5S. The van der Waals surface area contributed by atoms with Crippen LogP contribution in [-0.2, 0) is 9.59 Å². The molecule has 1 N–H and O–H groups in total. The number of anilines is 3. The molecule has 2 heterocycles. The van der Waals surface area contributed by atoms with Crippen molar-refractivity contribution in [1.82, 2.24) is 4.90 Å². The number of carbonyl (C=O) groups excluding carboxylic acids is 2. The van der Waals surface area contributed by atoms with Crippen molar-refractivity contribution in [3.8, 4) is 0 Å². The predicted molar refractivity (Wildman–Crippen MR) is 162 cm³/mol. The minimum atomic E-state index is -0.607. The number of carbonyl (C=O) groups is 2. The van der Waals surface area contributed by atoms with E-state index in [1.165, 1.54) is 28.0 Å². The number of nitro benzene ring substituents is 1. The molecule has 0 radical (unpaired) electrons. The molecule has 210 valence electrons. The van der Waals surface area contributed by atoms with E-state index in [1.54, 1.807) is 54.6 Å². The number of hydrogen-bond acceptors (Lipinski definition) is 8. The molecule has 10 nitrogen and oxygen atoms in total. The Labute approximate surface area is 242 Å². The zero-order chi connectivity index (χ0) is 28.9.